The molecule has 4 nitrogen and oxygen atoms in total. The molecule has 3 unspecified atom stereocenters. The van der Waals surface area contributed by atoms with Crippen molar-refractivity contribution in [1.82, 2.24) is 0 Å². The van der Waals surface area contributed by atoms with E-state index in [0.29, 0.717) is 23.7 Å². The van der Waals surface area contributed by atoms with Crippen LogP contribution < -0.4 is 0 Å². The number of hydrogen-bond acceptors (Lipinski definition) is 4. The van der Waals surface area contributed by atoms with Crippen LogP contribution in [-0.2, 0) is 9.47 Å². The average Bonchev–Trinajstić information content (AvgIpc) is 2.93. The lowest BCUT2D eigenvalue weighted by atomic mass is 9.46. The van der Waals surface area contributed by atoms with Gasteiger partial charge in [0.05, 0.1) is 12.2 Å². The van der Waals surface area contributed by atoms with Gasteiger partial charge in [-0.3, -0.25) is 0 Å². The number of rotatable bonds is 4. The van der Waals surface area contributed by atoms with Gasteiger partial charge in [-0.15, -0.1) is 0 Å². The Hall–Kier alpha value is -0.680. The van der Waals surface area contributed by atoms with Gasteiger partial charge in [0.2, 0.25) is 0 Å². The van der Waals surface area contributed by atoms with Crippen molar-refractivity contribution in [3.05, 3.63) is 24.3 Å². The highest BCUT2D eigenvalue weighted by molar-refractivity contribution is 5.23. The second-order valence-corrected chi connectivity index (χ2v) is 9.01. The Labute approximate surface area is 150 Å². The molecule has 0 radical (unpaired) electrons. The summed E-state index contributed by atoms with van der Waals surface area (Å²) in [7, 11) is 0. The van der Waals surface area contributed by atoms with Crippen LogP contribution in [0.5, 0.6) is 0 Å². The maximum atomic E-state index is 9.23. The summed E-state index contributed by atoms with van der Waals surface area (Å²) in [6.07, 6.45) is 15.2. The van der Waals surface area contributed by atoms with Gasteiger partial charge in [0.25, 0.3) is 0 Å². The minimum Gasteiger partial charge on any atom is -0.371 e. The summed E-state index contributed by atoms with van der Waals surface area (Å²) >= 11 is 0. The Morgan fingerprint density at radius 2 is 1.80 bits per heavy atom. The maximum Gasteiger partial charge on any atom is 0.144 e. The van der Waals surface area contributed by atoms with Gasteiger partial charge in [-0.2, -0.15) is 0 Å². The first-order chi connectivity index (χ1) is 12.0. The van der Waals surface area contributed by atoms with Crippen LogP contribution in [0.1, 0.15) is 46.0 Å². The van der Waals surface area contributed by atoms with Crippen LogP contribution in [-0.4, -0.2) is 36.0 Å². The number of aliphatic hydroxyl groups is 2. The zero-order chi connectivity index (χ0) is 17.7. The molecule has 2 fully saturated rings. The summed E-state index contributed by atoms with van der Waals surface area (Å²) in [6.45, 7) is 4.41. The minimum atomic E-state index is -0.194. The van der Waals surface area contributed by atoms with Gasteiger partial charge in [-0.05, 0) is 61.2 Å². The molecule has 4 heteroatoms. The number of fused-ring (bicyclic) bond motifs is 5. The van der Waals surface area contributed by atoms with Gasteiger partial charge in [-0.1, -0.05) is 38.2 Å². The van der Waals surface area contributed by atoms with Crippen LogP contribution in [0, 0.1) is 34.5 Å². The quantitative estimate of drug-likeness (QED) is 0.605. The van der Waals surface area contributed by atoms with Crippen LogP contribution in [0.15, 0.2) is 24.3 Å². The van der Waals surface area contributed by atoms with Crippen LogP contribution in [0.4, 0.5) is 0 Å². The van der Waals surface area contributed by atoms with Gasteiger partial charge in [-0.25, -0.2) is 0 Å². The molecule has 140 valence electrons. The molecule has 0 aromatic heterocycles. The van der Waals surface area contributed by atoms with E-state index >= 15 is 0 Å². The lowest BCUT2D eigenvalue weighted by Gasteiger charge is -2.59. The molecule has 0 amide bonds. The maximum absolute atomic E-state index is 9.23. The first-order valence-electron chi connectivity index (χ1n) is 9.85. The molecule has 2 saturated carbocycles. The lowest BCUT2D eigenvalue weighted by Crippen LogP contribution is -2.53. The highest BCUT2D eigenvalue weighted by atomic mass is 16.6. The summed E-state index contributed by atoms with van der Waals surface area (Å²) in [5.41, 5.74) is 0.372. The van der Waals surface area contributed by atoms with E-state index in [1.165, 1.54) is 19.3 Å². The number of hydrogen-bond donors (Lipinski definition) is 2. The summed E-state index contributed by atoms with van der Waals surface area (Å²) in [5.74, 6) is 2.60. The predicted molar refractivity (Wildman–Crippen MR) is 95.5 cm³/mol. The standard InChI is InChI=1S/C21H32O4/c1-20-9-7-15(24-12-22)11-14(20)3-4-16-17-5-6-19(25-13-23)21(17,2)10-8-18(16)20/h5-7,9,14-19,22-23H,3-4,8,10-13H2,1-2H3/t14?,15?,16-,17-,18+,19?,20-,21-/m0/s1. The molecular weight excluding hydrogens is 316 g/mol. The van der Waals surface area contributed by atoms with Crippen LogP contribution in [0.25, 0.3) is 0 Å². The SMILES string of the molecule is C[C@]12C=CC(OCO)CC1CC[C@@H]1[C@H]2CC[C@]2(C)C(OCO)C=C[C@@H]12. The fraction of sp³-hybridized carbons (Fsp3) is 0.810. The molecule has 4 aliphatic rings. The second-order valence-electron chi connectivity index (χ2n) is 9.01. The third kappa shape index (κ3) is 2.64. The third-order valence-electron chi connectivity index (χ3n) is 8.13. The van der Waals surface area contributed by atoms with Crippen molar-refractivity contribution in [3.63, 3.8) is 0 Å². The molecule has 0 heterocycles. The van der Waals surface area contributed by atoms with Crippen molar-refractivity contribution in [3.8, 4) is 0 Å². The van der Waals surface area contributed by atoms with Crippen molar-refractivity contribution in [2.24, 2.45) is 34.5 Å². The Bertz CT molecular complexity index is 558. The average molecular weight is 348 g/mol. The first-order valence-corrected chi connectivity index (χ1v) is 9.85. The topological polar surface area (TPSA) is 58.9 Å². The Kier molecular flexibility index (Phi) is 4.60. The van der Waals surface area contributed by atoms with E-state index in [0.717, 1.165) is 12.8 Å². The highest BCUT2D eigenvalue weighted by Crippen LogP contribution is 2.64. The monoisotopic (exact) mass is 348 g/mol. The van der Waals surface area contributed by atoms with Crippen molar-refractivity contribution in [2.45, 2.75) is 58.2 Å². The fourth-order valence-electron chi connectivity index (χ4n) is 6.73. The Balaban J connectivity index is 1.58. The van der Waals surface area contributed by atoms with E-state index in [1.807, 2.05) is 0 Å². The molecule has 4 aliphatic carbocycles. The molecule has 4 rings (SSSR count). The van der Waals surface area contributed by atoms with Crippen LogP contribution in [0.2, 0.25) is 0 Å². The first kappa shape index (κ1) is 17.7. The van der Waals surface area contributed by atoms with Crippen LogP contribution in [0.3, 0.4) is 0 Å². The van der Waals surface area contributed by atoms with Crippen LogP contribution >= 0.6 is 0 Å². The van der Waals surface area contributed by atoms with E-state index < -0.39 is 0 Å². The van der Waals surface area contributed by atoms with E-state index in [1.54, 1.807) is 0 Å². The Morgan fingerprint density at radius 1 is 1.00 bits per heavy atom. The summed E-state index contributed by atoms with van der Waals surface area (Å²) in [5, 5.41) is 18.3. The van der Waals surface area contributed by atoms with Gasteiger partial charge >= 0.3 is 0 Å². The van der Waals surface area contributed by atoms with Crippen molar-refractivity contribution >= 4 is 0 Å². The van der Waals surface area contributed by atoms with E-state index in [-0.39, 0.29) is 36.6 Å². The molecule has 0 bridgehead atoms. The molecule has 0 aliphatic heterocycles. The normalized spacial score (nSPS) is 51.0. The molecule has 0 saturated heterocycles. The summed E-state index contributed by atoms with van der Waals surface area (Å²) in [6, 6.07) is 0. The van der Waals surface area contributed by atoms with Crippen molar-refractivity contribution in [2.75, 3.05) is 13.6 Å². The molecule has 0 aromatic carbocycles. The highest BCUT2D eigenvalue weighted by Gasteiger charge is 2.58. The molecule has 25 heavy (non-hydrogen) atoms. The van der Waals surface area contributed by atoms with E-state index in [9.17, 15) is 5.11 Å². The molecule has 0 spiro atoms. The summed E-state index contributed by atoms with van der Waals surface area (Å²) in [4.78, 5) is 0. The Morgan fingerprint density at radius 3 is 2.56 bits per heavy atom. The van der Waals surface area contributed by atoms with Gasteiger partial charge < -0.3 is 19.7 Å². The van der Waals surface area contributed by atoms with Crippen molar-refractivity contribution in [1.29, 1.82) is 0 Å². The molecule has 2 N–H and O–H groups in total. The zero-order valence-corrected chi connectivity index (χ0v) is 15.4. The fourth-order valence-corrected chi connectivity index (χ4v) is 6.73. The largest absolute Gasteiger partial charge is 0.371 e. The molecular formula is C21H32O4. The summed E-state index contributed by atoms with van der Waals surface area (Å²) < 4.78 is 11.1. The number of allylic oxidation sites excluding steroid dienone is 2. The molecule has 0 aromatic rings. The van der Waals surface area contributed by atoms with Gasteiger partial charge in [0.15, 0.2) is 0 Å². The van der Waals surface area contributed by atoms with Gasteiger partial charge in [0, 0.05) is 5.41 Å². The number of ether oxygens (including phenoxy) is 2. The molecule has 8 atom stereocenters. The zero-order valence-electron chi connectivity index (χ0n) is 15.4. The van der Waals surface area contributed by atoms with E-state index in [4.69, 9.17) is 14.6 Å². The predicted octanol–water partition coefficient (Wildman–Crippen LogP) is 3.25. The van der Waals surface area contributed by atoms with E-state index in [2.05, 4.69) is 38.2 Å². The smallest absolute Gasteiger partial charge is 0.144 e. The van der Waals surface area contributed by atoms with Gasteiger partial charge in [0.1, 0.15) is 13.6 Å². The van der Waals surface area contributed by atoms with Crippen molar-refractivity contribution < 1.29 is 19.7 Å². The second kappa shape index (κ2) is 6.49. The minimum absolute atomic E-state index is 0.0539. The third-order valence-corrected chi connectivity index (χ3v) is 8.13. The lowest BCUT2D eigenvalue weighted by molar-refractivity contribution is -0.133. The number of aliphatic hydroxyl groups excluding tert-OH is 2.